The van der Waals surface area contributed by atoms with Crippen LogP contribution >= 0.6 is 0 Å². The summed E-state index contributed by atoms with van der Waals surface area (Å²) in [5.41, 5.74) is 4.85. The van der Waals surface area contributed by atoms with Crippen LogP contribution in [0.4, 0.5) is 0 Å². The number of pyridine rings is 1. The molecule has 0 fully saturated rings. The molecule has 1 aromatic heterocycles. The number of likely N-dealkylation sites (N-methyl/N-ethyl adjacent to an activating group) is 1. The van der Waals surface area contributed by atoms with Crippen LogP contribution in [0.3, 0.4) is 0 Å². The molecule has 0 atom stereocenters. The molecule has 0 saturated carbocycles. The molecule has 0 radical (unpaired) electrons. The lowest BCUT2D eigenvalue weighted by molar-refractivity contribution is 0.457. The monoisotopic (exact) mass is 228 g/mol. The quantitative estimate of drug-likeness (QED) is 0.787. The summed E-state index contributed by atoms with van der Waals surface area (Å²) in [5, 5.41) is 0. The maximum absolute atomic E-state index is 4.75. The third-order valence-electron chi connectivity index (χ3n) is 2.88. The van der Waals surface area contributed by atoms with Crippen molar-refractivity contribution in [3.63, 3.8) is 0 Å². The molecule has 1 aliphatic carbocycles. The van der Waals surface area contributed by atoms with Crippen LogP contribution in [0.1, 0.15) is 30.3 Å². The van der Waals surface area contributed by atoms with Crippen molar-refractivity contribution < 1.29 is 0 Å². The first kappa shape index (κ1) is 12.1. The fraction of sp³-hybridized carbons (Fsp3) is 0.400. The number of nitrogens with zero attached hydrogens (tertiary/aromatic N) is 2. The number of aromatic nitrogens is 1. The highest BCUT2D eigenvalue weighted by atomic mass is 15.0. The number of aryl methyl sites for hydroxylation is 1. The molecule has 0 saturated heterocycles. The van der Waals surface area contributed by atoms with Gasteiger partial charge in [-0.15, -0.1) is 0 Å². The number of hydrogen-bond donors (Lipinski definition) is 0. The summed E-state index contributed by atoms with van der Waals surface area (Å²) in [6, 6.07) is 4.32. The predicted molar refractivity (Wildman–Crippen MR) is 73.8 cm³/mol. The van der Waals surface area contributed by atoms with Crippen molar-refractivity contribution in [2.24, 2.45) is 0 Å². The molecule has 0 spiro atoms. The minimum Gasteiger partial charge on any atom is -0.306 e. The van der Waals surface area contributed by atoms with Gasteiger partial charge in [0, 0.05) is 17.8 Å². The van der Waals surface area contributed by atoms with Crippen LogP contribution in [0, 0.1) is 0 Å². The zero-order valence-electron chi connectivity index (χ0n) is 10.9. The molecule has 1 heterocycles. The molecule has 0 bridgehead atoms. The average molecular weight is 228 g/mol. The van der Waals surface area contributed by atoms with Gasteiger partial charge in [-0.2, -0.15) is 0 Å². The van der Waals surface area contributed by atoms with Crippen LogP contribution in [0.25, 0.3) is 11.6 Å². The van der Waals surface area contributed by atoms with Gasteiger partial charge < -0.3 is 4.90 Å². The Morgan fingerprint density at radius 3 is 2.76 bits per heavy atom. The van der Waals surface area contributed by atoms with Gasteiger partial charge in [-0.3, -0.25) is 4.98 Å². The molecule has 17 heavy (non-hydrogen) atoms. The molecule has 0 unspecified atom stereocenters. The lowest BCUT2D eigenvalue weighted by atomic mass is 10.1. The summed E-state index contributed by atoms with van der Waals surface area (Å²) < 4.78 is 0. The van der Waals surface area contributed by atoms with Gasteiger partial charge in [-0.05, 0) is 32.2 Å². The van der Waals surface area contributed by atoms with E-state index in [0.29, 0.717) is 0 Å². The third-order valence-corrected chi connectivity index (χ3v) is 2.88. The van der Waals surface area contributed by atoms with Gasteiger partial charge in [0.1, 0.15) is 0 Å². The molecular weight excluding hydrogens is 208 g/mol. The Hall–Kier alpha value is -1.41. The highest BCUT2D eigenvalue weighted by Gasteiger charge is 2.12. The van der Waals surface area contributed by atoms with Crippen LogP contribution in [-0.2, 0) is 6.42 Å². The average Bonchev–Trinajstić information content (AvgIpc) is 2.69. The standard InChI is InChI=1S/C15H20N2/c1-4-5-14-9-8-12-6-7-13(15(12)16-14)10-11-17(2)3/h6-10H,4-5,11H2,1-3H3/b13-10+. The van der Waals surface area contributed by atoms with Gasteiger partial charge in [0.2, 0.25) is 0 Å². The zero-order chi connectivity index (χ0) is 12.3. The van der Waals surface area contributed by atoms with Gasteiger partial charge in [0.05, 0.1) is 5.69 Å². The Kier molecular flexibility index (Phi) is 3.75. The summed E-state index contributed by atoms with van der Waals surface area (Å²) in [7, 11) is 4.16. The number of allylic oxidation sites excluding steroid dienone is 2. The van der Waals surface area contributed by atoms with Gasteiger partial charge in [0.15, 0.2) is 0 Å². The fourth-order valence-electron chi connectivity index (χ4n) is 1.98. The van der Waals surface area contributed by atoms with Crippen LogP contribution < -0.4 is 0 Å². The SMILES string of the molecule is CCCc1ccc2c(n1)/C(=C/CN(C)C)C=C2. The van der Waals surface area contributed by atoms with E-state index in [9.17, 15) is 0 Å². The second kappa shape index (κ2) is 5.28. The topological polar surface area (TPSA) is 16.1 Å². The van der Waals surface area contributed by atoms with E-state index >= 15 is 0 Å². The van der Waals surface area contributed by atoms with Crippen molar-refractivity contribution in [3.8, 4) is 0 Å². The number of rotatable bonds is 4. The van der Waals surface area contributed by atoms with Gasteiger partial charge in [-0.25, -0.2) is 0 Å². The molecular formula is C15H20N2. The van der Waals surface area contributed by atoms with Crippen LogP contribution in [0.5, 0.6) is 0 Å². The molecule has 2 rings (SSSR count). The maximum atomic E-state index is 4.75. The number of hydrogen-bond acceptors (Lipinski definition) is 2. The zero-order valence-corrected chi connectivity index (χ0v) is 10.9. The molecule has 0 aliphatic heterocycles. The maximum Gasteiger partial charge on any atom is 0.0774 e. The molecule has 0 aromatic carbocycles. The first-order chi connectivity index (χ1) is 8.20. The minimum atomic E-state index is 0.957. The Morgan fingerprint density at radius 1 is 1.24 bits per heavy atom. The van der Waals surface area contributed by atoms with Crippen LogP contribution in [-0.4, -0.2) is 30.5 Å². The highest BCUT2D eigenvalue weighted by Crippen LogP contribution is 2.27. The molecule has 2 nitrogen and oxygen atoms in total. The van der Waals surface area contributed by atoms with E-state index in [1.54, 1.807) is 0 Å². The normalized spacial score (nSPS) is 15.9. The Labute approximate surface area is 104 Å². The first-order valence-electron chi connectivity index (χ1n) is 6.24. The van der Waals surface area contributed by atoms with Crippen LogP contribution in [0.2, 0.25) is 0 Å². The Bertz CT molecular complexity index is 456. The summed E-state index contributed by atoms with van der Waals surface area (Å²) in [5.74, 6) is 0. The second-order valence-corrected chi connectivity index (χ2v) is 4.75. The van der Waals surface area contributed by atoms with E-state index in [1.165, 1.54) is 16.8 Å². The molecule has 1 aromatic rings. The van der Waals surface area contributed by atoms with Gasteiger partial charge >= 0.3 is 0 Å². The van der Waals surface area contributed by atoms with Crippen LogP contribution in [0.15, 0.2) is 24.3 Å². The van der Waals surface area contributed by atoms with E-state index in [-0.39, 0.29) is 0 Å². The predicted octanol–water partition coefficient (Wildman–Crippen LogP) is 3.01. The van der Waals surface area contributed by atoms with Gasteiger partial charge in [0.25, 0.3) is 0 Å². The second-order valence-electron chi connectivity index (χ2n) is 4.75. The minimum absolute atomic E-state index is 0.957. The first-order valence-corrected chi connectivity index (χ1v) is 6.24. The molecule has 90 valence electrons. The summed E-state index contributed by atoms with van der Waals surface area (Å²) >= 11 is 0. The molecule has 1 aliphatic rings. The summed E-state index contributed by atoms with van der Waals surface area (Å²) in [4.78, 5) is 6.91. The van der Waals surface area contributed by atoms with Crippen molar-refractivity contribution in [1.82, 2.24) is 9.88 Å². The molecule has 0 N–H and O–H groups in total. The summed E-state index contributed by atoms with van der Waals surface area (Å²) in [6.45, 7) is 3.15. The van der Waals surface area contributed by atoms with E-state index in [2.05, 4.69) is 56.3 Å². The summed E-state index contributed by atoms with van der Waals surface area (Å²) in [6.07, 6.45) is 8.77. The highest BCUT2D eigenvalue weighted by molar-refractivity contribution is 5.88. The Balaban J connectivity index is 2.25. The smallest absolute Gasteiger partial charge is 0.0774 e. The Morgan fingerprint density at radius 2 is 2.06 bits per heavy atom. The van der Waals surface area contributed by atoms with Gasteiger partial charge in [-0.1, -0.05) is 37.6 Å². The van der Waals surface area contributed by atoms with E-state index in [1.807, 2.05) is 0 Å². The van der Waals surface area contributed by atoms with Crippen molar-refractivity contribution in [3.05, 3.63) is 41.2 Å². The van der Waals surface area contributed by atoms with Crippen molar-refractivity contribution in [2.75, 3.05) is 20.6 Å². The number of fused-ring (bicyclic) bond motifs is 1. The lowest BCUT2D eigenvalue weighted by Crippen LogP contribution is -2.11. The largest absolute Gasteiger partial charge is 0.306 e. The van der Waals surface area contributed by atoms with Crippen molar-refractivity contribution in [2.45, 2.75) is 19.8 Å². The van der Waals surface area contributed by atoms with E-state index in [4.69, 9.17) is 4.98 Å². The third kappa shape index (κ3) is 2.83. The fourth-order valence-corrected chi connectivity index (χ4v) is 1.98. The molecule has 2 heteroatoms. The van der Waals surface area contributed by atoms with E-state index in [0.717, 1.165) is 25.1 Å². The van der Waals surface area contributed by atoms with E-state index < -0.39 is 0 Å². The lowest BCUT2D eigenvalue weighted by Gasteiger charge is -2.07. The molecule has 0 amide bonds. The van der Waals surface area contributed by atoms with Crippen molar-refractivity contribution >= 4 is 11.6 Å². The van der Waals surface area contributed by atoms with Crippen molar-refractivity contribution in [1.29, 1.82) is 0 Å².